The summed E-state index contributed by atoms with van der Waals surface area (Å²) in [5, 5.41) is 10.4. The van der Waals surface area contributed by atoms with Gasteiger partial charge in [0.1, 0.15) is 0 Å². The zero-order chi connectivity index (χ0) is 16.6. The topological polar surface area (TPSA) is 20.2 Å². The molecule has 1 nitrogen and oxygen atoms in total. The number of aliphatic hydroxyl groups is 1. The van der Waals surface area contributed by atoms with Gasteiger partial charge < -0.3 is 5.11 Å². The summed E-state index contributed by atoms with van der Waals surface area (Å²) in [5.74, 6) is 1.49. The van der Waals surface area contributed by atoms with E-state index in [0.717, 1.165) is 24.3 Å². The van der Waals surface area contributed by atoms with Crippen molar-refractivity contribution in [1.29, 1.82) is 0 Å². The van der Waals surface area contributed by atoms with E-state index in [0.29, 0.717) is 5.92 Å². The SMILES string of the molecule is OC(CCCC(c1ccccc1)C1CCCCC1)c1ccccc1. The lowest BCUT2D eigenvalue weighted by molar-refractivity contribution is 0.160. The minimum atomic E-state index is -0.325. The van der Waals surface area contributed by atoms with Gasteiger partial charge in [-0.1, -0.05) is 79.9 Å². The quantitative estimate of drug-likeness (QED) is 0.638. The minimum Gasteiger partial charge on any atom is -0.388 e. The highest BCUT2D eigenvalue weighted by Gasteiger charge is 2.24. The fourth-order valence-corrected chi connectivity index (χ4v) is 4.28. The Morgan fingerprint density at radius 2 is 1.33 bits per heavy atom. The Labute approximate surface area is 146 Å². The predicted octanol–water partition coefficient (Wildman–Crippen LogP) is 6.25. The summed E-state index contributed by atoms with van der Waals surface area (Å²) in [6.07, 6.45) is 9.76. The van der Waals surface area contributed by atoms with E-state index in [1.807, 2.05) is 30.3 Å². The summed E-state index contributed by atoms with van der Waals surface area (Å²) < 4.78 is 0. The van der Waals surface area contributed by atoms with E-state index >= 15 is 0 Å². The molecule has 3 rings (SSSR count). The first kappa shape index (κ1) is 17.2. The molecular formula is C23H30O. The Kier molecular flexibility index (Phi) is 6.48. The molecule has 1 saturated carbocycles. The molecule has 1 aliphatic rings. The first-order valence-electron chi connectivity index (χ1n) is 9.62. The van der Waals surface area contributed by atoms with Gasteiger partial charge in [-0.25, -0.2) is 0 Å². The summed E-state index contributed by atoms with van der Waals surface area (Å²) >= 11 is 0. The highest BCUT2D eigenvalue weighted by Crippen LogP contribution is 2.39. The Hall–Kier alpha value is -1.60. The first-order chi connectivity index (χ1) is 11.8. The third-order valence-electron chi connectivity index (χ3n) is 5.62. The van der Waals surface area contributed by atoms with Gasteiger partial charge in [-0.3, -0.25) is 0 Å². The predicted molar refractivity (Wildman–Crippen MR) is 101 cm³/mol. The molecule has 2 unspecified atom stereocenters. The average Bonchev–Trinajstić information content (AvgIpc) is 2.67. The van der Waals surface area contributed by atoms with Gasteiger partial charge in [0.2, 0.25) is 0 Å². The van der Waals surface area contributed by atoms with Crippen LogP contribution in [0, 0.1) is 5.92 Å². The van der Waals surface area contributed by atoms with E-state index in [1.54, 1.807) is 0 Å². The molecular weight excluding hydrogens is 292 g/mol. The van der Waals surface area contributed by atoms with Crippen molar-refractivity contribution in [2.24, 2.45) is 5.92 Å². The normalized spacial score (nSPS) is 18.2. The monoisotopic (exact) mass is 322 g/mol. The van der Waals surface area contributed by atoms with E-state index in [9.17, 15) is 5.11 Å². The van der Waals surface area contributed by atoms with Crippen LogP contribution in [0.15, 0.2) is 60.7 Å². The molecule has 1 aliphatic carbocycles. The fourth-order valence-electron chi connectivity index (χ4n) is 4.28. The molecule has 0 saturated heterocycles. The van der Waals surface area contributed by atoms with E-state index in [4.69, 9.17) is 0 Å². The number of rotatable bonds is 7. The van der Waals surface area contributed by atoms with Gasteiger partial charge in [0, 0.05) is 0 Å². The molecule has 2 aromatic carbocycles. The molecule has 24 heavy (non-hydrogen) atoms. The van der Waals surface area contributed by atoms with Crippen molar-refractivity contribution >= 4 is 0 Å². The lowest BCUT2D eigenvalue weighted by atomic mass is 9.74. The van der Waals surface area contributed by atoms with Crippen molar-refractivity contribution in [1.82, 2.24) is 0 Å². The van der Waals surface area contributed by atoms with Crippen molar-refractivity contribution in [3.8, 4) is 0 Å². The maximum atomic E-state index is 10.4. The largest absolute Gasteiger partial charge is 0.388 e. The lowest BCUT2D eigenvalue weighted by Crippen LogP contribution is -2.16. The molecule has 1 heteroatoms. The van der Waals surface area contributed by atoms with Gasteiger partial charge in [0.25, 0.3) is 0 Å². The van der Waals surface area contributed by atoms with Gasteiger partial charge in [0.05, 0.1) is 6.10 Å². The summed E-state index contributed by atoms with van der Waals surface area (Å²) in [6.45, 7) is 0. The van der Waals surface area contributed by atoms with Gasteiger partial charge >= 0.3 is 0 Å². The molecule has 1 N–H and O–H groups in total. The van der Waals surface area contributed by atoms with Crippen molar-refractivity contribution in [3.63, 3.8) is 0 Å². The Balaban J connectivity index is 1.59. The van der Waals surface area contributed by atoms with Crippen LogP contribution in [0.3, 0.4) is 0 Å². The molecule has 0 aromatic heterocycles. The van der Waals surface area contributed by atoms with Gasteiger partial charge in [-0.05, 0) is 55.1 Å². The van der Waals surface area contributed by atoms with Crippen LogP contribution in [0.4, 0.5) is 0 Å². The van der Waals surface area contributed by atoms with Crippen LogP contribution in [-0.2, 0) is 0 Å². The number of benzene rings is 2. The second kappa shape index (κ2) is 9.03. The zero-order valence-electron chi connectivity index (χ0n) is 14.6. The second-order valence-corrected chi connectivity index (χ2v) is 7.27. The molecule has 0 heterocycles. The Morgan fingerprint density at radius 3 is 1.96 bits per heavy atom. The van der Waals surface area contributed by atoms with Crippen molar-refractivity contribution in [2.45, 2.75) is 63.4 Å². The Morgan fingerprint density at radius 1 is 0.750 bits per heavy atom. The van der Waals surface area contributed by atoms with Crippen molar-refractivity contribution in [2.75, 3.05) is 0 Å². The molecule has 0 amide bonds. The smallest absolute Gasteiger partial charge is 0.0790 e. The maximum absolute atomic E-state index is 10.4. The summed E-state index contributed by atoms with van der Waals surface area (Å²) in [6, 6.07) is 21.1. The van der Waals surface area contributed by atoms with E-state index < -0.39 is 0 Å². The Bertz CT molecular complexity index is 571. The van der Waals surface area contributed by atoms with Gasteiger partial charge in [0.15, 0.2) is 0 Å². The molecule has 128 valence electrons. The van der Waals surface area contributed by atoms with E-state index in [1.165, 1.54) is 44.1 Å². The summed E-state index contributed by atoms with van der Waals surface area (Å²) in [5.41, 5.74) is 2.55. The van der Waals surface area contributed by atoms with Crippen molar-refractivity contribution < 1.29 is 5.11 Å². The standard InChI is InChI=1S/C23H30O/c24-23(21-15-8-3-9-16-21)18-10-17-22(19-11-4-1-5-12-19)20-13-6-2-7-14-20/h1,3-5,8-9,11-12,15-16,20,22-24H,2,6-7,10,13-14,17-18H2. The molecule has 0 bridgehead atoms. The third-order valence-corrected chi connectivity index (χ3v) is 5.62. The highest BCUT2D eigenvalue weighted by atomic mass is 16.3. The average molecular weight is 322 g/mol. The third kappa shape index (κ3) is 4.70. The van der Waals surface area contributed by atoms with Crippen LogP contribution < -0.4 is 0 Å². The van der Waals surface area contributed by atoms with Crippen LogP contribution in [0.1, 0.15) is 74.5 Å². The van der Waals surface area contributed by atoms with E-state index in [2.05, 4.69) is 30.3 Å². The minimum absolute atomic E-state index is 0.325. The summed E-state index contributed by atoms with van der Waals surface area (Å²) in [7, 11) is 0. The highest BCUT2D eigenvalue weighted by molar-refractivity contribution is 5.21. The number of hydrogen-bond acceptors (Lipinski definition) is 1. The van der Waals surface area contributed by atoms with E-state index in [-0.39, 0.29) is 6.10 Å². The van der Waals surface area contributed by atoms with Crippen LogP contribution >= 0.6 is 0 Å². The van der Waals surface area contributed by atoms with Crippen LogP contribution in [0.2, 0.25) is 0 Å². The van der Waals surface area contributed by atoms with Crippen LogP contribution in [0.5, 0.6) is 0 Å². The van der Waals surface area contributed by atoms with Gasteiger partial charge in [-0.2, -0.15) is 0 Å². The summed E-state index contributed by atoms with van der Waals surface area (Å²) in [4.78, 5) is 0. The van der Waals surface area contributed by atoms with Crippen LogP contribution in [-0.4, -0.2) is 5.11 Å². The molecule has 0 radical (unpaired) electrons. The number of hydrogen-bond donors (Lipinski definition) is 1. The van der Waals surface area contributed by atoms with Gasteiger partial charge in [-0.15, -0.1) is 0 Å². The zero-order valence-corrected chi connectivity index (χ0v) is 14.6. The van der Waals surface area contributed by atoms with Crippen molar-refractivity contribution in [3.05, 3.63) is 71.8 Å². The first-order valence-corrected chi connectivity index (χ1v) is 9.62. The number of aliphatic hydroxyl groups excluding tert-OH is 1. The molecule has 2 aromatic rings. The molecule has 1 fully saturated rings. The molecule has 0 spiro atoms. The maximum Gasteiger partial charge on any atom is 0.0790 e. The second-order valence-electron chi connectivity index (χ2n) is 7.27. The molecule has 2 atom stereocenters. The van der Waals surface area contributed by atoms with Crippen LogP contribution in [0.25, 0.3) is 0 Å². The molecule has 0 aliphatic heterocycles. The fraction of sp³-hybridized carbons (Fsp3) is 0.478. The lowest BCUT2D eigenvalue weighted by Gasteiger charge is -2.31.